The van der Waals surface area contributed by atoms with Crippen LogP contribution < -0.4 is 11.0 Å². The zero-order valence-corrected chi connectivity index (χ0v) is 18.5. The Morgan fingerprint density at radius 2 is 1.85 bits per heavy atom. The van der Waals surface area contributed by atoms with E-state index in [1.54, 1.807) is 10.8 Å². The van der Waals surface area contributed by atoms with Gasteiger partial charge in [-0.25, -0.2) is 9.89 Å². The Bertz CT molecular complexity index is 1480. The molecule has 6 rings (SSSR count). The fourth-order valence-corrected chi connectivity index (χ4v) is 5.07. The second kappa shape index (κ2) is 8.12. The molecule has 2 aliphatic rings. The molecule has 1 aliphatic heterocycles. The zero-order valence-electron chi connectivity index (χ0n) is 18.5. The molecule has 3 heterocycles. The normalized spacial score (nSPS) is 20.0. The summed E-state index contributed by atoms with van der Waals surface area (Å²) in [5.74, 6) is 1.19. The van der Waals surface area contributed by atoms with Crippen molar-refractivity contribution in [1.29, 1.82) is 5.26 Å². The summed E-state index contributed by atoms with van der Waals surface area (Å²) in [7, 11) is 0. The molecule has 1 saturated heterocycles. The number of H-pyrrole nitrogens is 2. The number of carbonyl (C=O) groups excluding carboxylic acids is 1. The molecule has 1 saturated carbocycles. The number of aromatic amines is 2. The Morgan fingerprint density at radius 1 is 1.09 bits per heavy atom. The summed E-state index contributed by atoms with van der Waals surface area (Å²) < 4.78 is 1.66. The summed E-state index contributed by atoms with van der Waals surface area (Å²) >= 11 is 0. The molecule has 34 heavy (non-hydrogen) atoms. The van der Waals surface area contributed by atoms with Crippen molar-refractivity contribution in [3.05, 3.63) is 64.7 Å². The van der Waals surface area contributed by atoms with E-state index in [-0.39, 0.29) is 23.4 Å². The highest BCUT2D eigenvalue weighted by Gasteiger charge is 2.41. The highest BCUT2D eigenvalue weighted by atomic mass is 16.2. The first-order valence-electron chi connectivity index (χ1n) is 11.6. The van der Waals surface area contributed by atoms with Crippen LogP contribution in [-0.2, 0) is 11.3 Å². The molecule has 170 valence electrons. The van der Waals surface area contributed by atoms with E-state index in [0.717, 1.165) is 47.0 Å². The highest BCUT2D eigenvalue weighted by Crippen LogP contribution is 2.36. The number of nitriles is 1. The number of rotatable bonds is 6. The number of benzene rings is 2. The van der Waals surface area contributed by atoms with Gasteiger partial charge in [0.2, 0.25) is 0 Å². The number of fused-ring (bicyclic) bond motifs is 1. The molecule has 0 spiro atoms. The van der Waals surface area contributed by atoms with Gasteiger partial charge in [0.25, 0.3) is 0 Å². The van der Waals surface area contributed by atoms with Crippen molar-refractivity contribution < 1.29 is 4.79 Å². The van der Waals surface area contributed by atoms with E-state index < -0.39 is 0 Å². The van der Waals surface area contributed by atoms with Crippen LogP contribution in [0.3, 0.4) is 0 Å². The Labute approximate surface area is 195 Å². The fourth-order valence-electron chi connectivity index (χ4n) is 5.07. The molecule has 4 aromatic rings. The fraction of sp³-hybridized carbons (Fsp3) is 0.308. The average Bonchev–Trinajstić information content (AvgIpc) is 3.31. The number of hydrogen-bond donors (Lipinski definition) is 3. The predicted molar refractivity (Wildman–Crippen MR) is 128 cm³/mol. The van der Waals surface area contributed by atoms with Crippen molar-refractivity contribution >= 4 is 16.7 Å². The molecule has 1 unspecified atom stereocenters. The van der Waals surface area contributed by atoms with Crippen molar-refractivity contribution in [3.8, 4) is 28.6 Å². The summed E-state index contributed by atoms with van der Waals surface area (Å²) in [5.41, 5.74) is 4.14. The smallest absolute Gasteiger partial charge is 0.343 e. The standard InChI is InChI=1S/C26H24N6O2/c27-10-19-12-29-23-8-7-18(9-21(19)23)15-1-5-17(6-2-15)25-30-31-26(34)32(25)14-20-11-28-13-22(20)24(33)16-3-4-16/h1-2,5-9,12,16,20,22,28-29H,3-4,11,13-14H2,(H,31,34)/t20-,22?/m1/s1. The lowest BCUT2D eigenvalue weighted by atomic mass is 9.89. The topological polar surface area (TPSA) is 119 Å². The Hall–Kier alpha value is -3.96. The van der Waals surface area contributed by atoms with Crippen LogP contribution in [0.15, 0.2) is 53.5 Å². The van der Waals surface area contributed by atoms with Gasteiger partial charge in [0.05, 0.1) is 5.56 Å². The summed E-state index contributed by atoms with van der Waals surface area (Å²) in [6.07, 6.45) is 3.72. The maximum atomic E-state index is 12.7. The van der Waals surface area contributed by atoms with Gasteiger partial charge in [-0.3, -0.25) is 9.36 Å². The quantitative estimate of drug-likeness (QED) is 0.415. The van der Waals surface area contributed by atoms with Gasteiger partial charge in [-0.1, -0.05) is 30.3 Å². The second-order valence-corrected chi connectivity index (χ2v) is 9.32. The molecular weight excluding hydrogens is 428 g/mol. The minimum absolute atomic E-state index is 0.0359. The third-order valence-electron chi connectivity index (χ3n) is 7.14. The van der Waals surface area contributed by atoms with Gasteiger partial charge in [0.1, 0.15) is 11.9 Å². The van der Waals surface area contributed by atoms with E-state index in [9.17, 15) is 14.9 Å². The van der Waals surface area contributed by atoms with Gasteiger partial charge < -0.3 is 10.3 Å². The summed E-state index contributed by atoms with van der Waals surface area (Å²) in [6.45, 7) is 1.88. The number of nitrogens with one attached hydrogen (secondary N) is 3. The van der Waals surface area contributed by atoms with Crippen LogP contribution >= 0.6 is 0 Å². The van der Waals surface area contributed by atoms with Gasteiger partial charge in [-0.05, 0) is 36.1 Å². The van der Waals surface area contributed by atoms with E-state index >= 15 is 0 Å². The van der Waals surface area contributed by atoms with Crippen molar-refractivity contribution in [1.82, 2.24) is 25.1 Å². The third kappa shape index (κ3) is 3.55. The van der Waals surface area contributed by atoms with Gasteiger partial charge in [-0.15, -0.1) is 0 Å². The van der Waals surface area contributed by atoms with Crippen LogP contribution in [0.2, 0.25) is 0 Å². The molecule has 3 N–H and O–H groups in total. The molecule has 2 aromatic carbocycles. The van der Waals surface area contributed by atoms with Crippen LogP contribution in [-0.4, -0.2) is 38.6 Å². The Morgan fingerprint density at radius 3 is 2.62 bits per heavy atom. The number of ketones is 1. The van der Waals surface area contributed by atoms with Crippen molar-refractivity contribution in [2.24, 2.45) is 17.8 Å². The molecule has 2 atom stereocenters. The molecule has 0 amide bonds. The first kappa shape index (κ1) is 20.6. The number of Topliss-reactive ketones (excluding diaryl/α,β-unsaturated/α-hetero) is 1. The molecule has 1 aliphatic carbocycles. The molecule has 8 nitrogen and oxygen atoms in total. The number of hydrogen-bond acceptors (Lipinski definition) is 5. The maximum absolute atomic E-state index is 12.7. The lowest BCUT2D eigenvalue weighted by Crippen LogP contribution is -2.30. The predicted octanol–water partition coefficient (Wildman–Crippen LogP) is 3.07. The van der Waals surface area contributed by atoms with Gasteiger partial charge in [-0.2, -0.15) is 10.4 Å². The van der Waals surface area contributed by atoms with Crippen LogP contribution in [0.4, 0.5) is 0 Å². The van der Waals surface area contributed by atoms with Crippen molar-refractivity contribution in [2.45, 2.75) is 19.4 Å². The first-order chi connectivity index (χ1) is 16.6. The number of aromatic nitrogens is 4. The van der Waals surface area contributed by atoms with Gasteiger partial charge in [0, 0.05) is 60.1 Å². The minimum Gasteiger partial charge on any atom is -0.360 e. The monoisotopic (exact) mass is 452 g/mol. The highest BCUT2D eigenvalue weighted by molar-refractivity contribution is 5.90. The molecule has 0 radical (unpaired) electrons. The molecule has 2 fully saturated rings. The van der Waals surface area contributed by atoms with E-state index in [4.69, 9.17) is 0 Å². The van der Waals surface area contributed by atoms with Crippen molar-refractivity contribution in [2.75, 3.05) is 13.1 Å². The SMILES string of the molecule is N#Cc1c[nH]c2ccc(-c3ccc(-c4n[nH]c(=O)n4C[C@H]4CNCC4C(=O)C4CC4)cc3)cc12. The van der Waals surface area contributed by atoms with Crippen LogP contribution in [0.25, 0.3) is 33.4 Å². The lowest BCUT2D eigenvalue weighted by molar-refractivity contribution is -0.124. The van der Waals surface area contributed by atoms with Crippen LogP contribution in [0.5, 0.6) is 0 Å². The Balaban J connectivity index is 1.27. The van der Waals surface area contributed by atoms with Gasteiger partial charge >= 0.3 is 5.69 Å². The summed E-state index contributed by atoms with van der Waals surface area (Å²) in [4.78, 5) is 28.4. The number of nitrogens with zero attached hydrogens (tertiary/aromatic N) is 3. The van der Waals surface area contributed by atoms with Crippen LogP contribution in [0, 0.1) is 29.1 Å². The second-order valence-electron chi connectivity index (χ2n) is 9.32. The first-order valence-corrected chi connectivity index (χ1v) is 11.6. The van der Waals surface area contributed by atoms with Gasteiger partial charge in [0.15, 0.2) is 5.82 Å². The minimum atomic E-state index is -0.259. The van der Waals surface area contributed by atoms with Crippen molar-refractivity contribution in [3.63, 3.8) is 0 Å². The summed E-state index contributed by atoms with van der Waals surface area (Å²) in [6, 6.07) is 16.1. The van der Waals surface area contributed by atoms with E-state index in [0.29, 0.717) is 30.3 Å². The van der Waals surface area contributed by atoms with E-state index in [2.05, 4.69) is 26.6 Å². The van der Waals surface area contributed by atoms with E-state index in [1.165, 1.54) is 0 Å². The zero-order chi connectivity index (χ0) is 23.2. The maximum Gasteiger partial charge on any atom is 0.343 e. The molecule has 2 aromatic heterocycles. The lowest BCUT2D eigenvalue weighted by Gasteiger charge is -2.18. The molecular formula is C26H24N6O2. The molecule has 0 bridgehead atoms. The molecule has 8 heteroatoms. The van der Waals surface area contributed by atoms with Crippen LogP contribution in [0.1, 0.15) is 18.4 Å². The van der Waals surface area contributed by atoms with E-state index in [1.807, 2.05) is 42.5 Å². The number of carbonyl (C=O) groups is 1. The summed E-state index contributed by atoms with van der Waals surface area (Å²) in [5, 5.41) is 20.4. The largest absolute Gasteiger partial charge is 0.360 e. The third-order valence-corrected chi connectivity index (χ3v) is 7.14. The Kier molecular flexibility index (Phi) is 4.93. The average molecular weight is 453 g/mol.